The maximum atomic E-state index is 12.3. The van der Waals surface area contributed by atoms with Crippen LogP contribution in [0.5, 0.6) is 6.01 Å². The van der Waals surface area contributed by atoms with Crippen molar-refractivity contribution in [1.82, 2.24) is 14.9 Å². The van der Waals surface area contributed by atoms with Crippen LogP contribution in [0.4, 0.5) is 10.6 Å². The molecule has 1 aromatic rings. The molecule has 8 heteroatoms. The molecule has 0 aliphatic carbocycles. The van der Waals surface area contributed by atoms with Crippen LogP contribution in [0.15, 0.2) is 6.07 Å². The van der Waals surface area contributed by atoms with Crippen LogP contribution in [0, 0.1) is 0 Å². The monoisotopic (exact) mass is 356 g/mol. The number of hydrogen-bond donors (Lipinski definition) is 0. The molecule has 0 unspecified atom stereocenters. The number of anilines is 1. The summed E-state index contributed by atoms with van der Waals surface area (Å²) in [6, 6.07) is 1.97. The Morgan fingerprint density at radius 3 is 2.67 bits per heavy atom. The van der Waals surface area contributed by atoms with Gasteiger partial charge in [0, 0.05) is 31.7 Å². The summed E-state index contributed by atoms with van der Waals surface area (Å²) in [4.78, 5) is 24.5. The standard InChI is InChI=1S/C16H25ClN4O3/c1-6-23-14-18-12(17)9-13(19-14)20-7-8-21(11(2)10-20)15(22)24-16(3,4)5/h9,11H,6-8,10H2,1-5H3/t11-/m0/s1. The quantitative estimate of drug-likeness (QED) is 0.775. The lowest BCUT2D eigenvalue weighted by molar-refractivity contribution is 0.0158. The summed E-state index contributed by atoms with van der Waals surface area (Å²) in [6.07, 6.45) is -0.287. The van der Waals surface area contributed by atoms with Gasteiger partial charge in [0.05, 0.1) is 6.61 Å². The Labute approximate surface area is 147 Å². The molecule has 0 saturated carbocycles. The summed E-state index contributed by atoms with van der Waals surface area (Å²) >= 11 is 6.05. The fraction of sp³-hybridized carbons (Fsp3) is 0.688. The van der Waals surface area contributed by atoms with Gasteiger partial charge in [-0.2, -0.15) is 9.97 Å². The zero-order valence-electron chi connectivity index (χ0n) is 14.9. The highest BCUT2D eigenvalue weighted by Gasteiger charge is 2.31. The van der Waals surface area contributed by atoms with Crippen LogP contribution in [-0.2, 0) is 4.74 Å². The number of nitrogens with zero attached hydrogens (tertiary/aromatic N) is 4. The first-order valence-corrected chi connectivity index (χ1v) is 8.49. The Kier molecular flexibility index (Phi) is 5.74. The smallest absolute Gasteiger partial charge is 0.410 e. The van der Waals surface area contributed by atoms with E-state index in [2.05, 4.69) is 14.9 Å². The van der Waals surface area contributed by atoms with Gasteiger partial charge in [-0.05, 0) is 34.6 Å². The van der Waals surface area contributed by atoms with Crippen LogP contribution >= 0.6 is 11.6 Å². The number of carbonyl (C=O) groups excluding carboxylic acids is 1. The van der Waals surface area contributed by atoms with Crippen molar-refractivity contribution >= 4 is 23.5 Å². The SMILES string of the molecule is CCOc1nc(Cl)cc(N2CCN(C(=O)OC(C)(C)C)[C@@H](C)C2)n1. The highest BCUT2D eigenvalue weighted by Crippen LogP contribution is 2.23. The van der Waals surface area contributed by atoms with Crippen LogP contribution in [0.25, 0.3) is 0 Å². The molecule has 1 fully saturated rings. The van der Waals surface area contributed by atoms with E-state index < -0.39 is 5.60 Å². The van der Waals surface area contributed by atoms with Crippen molar-refractivity contribution < 1.29 is 14.3 Å². The zero-order valence-corrected chi connectivity index (χ0v) is 15.6. The molecule has 2 heterocycles. The van der Waals surface area contributed by atoms with Crippen molar-refractivity contribution in [2.45, 2.75) is 46.3 Å². The molecule has 1 aromatic heterocycles. The second-order valence-corrected chi connectivity index (χ2v) is 7.12. The Bertz CT molecular complexity index is 591. The number of ether oxygens (including phenoxy) is 2. The van der Waals surface area contributed by atoms with Crippen LogP contribution in [0.1, 0.15) is 34.6 Å². The van der Waals surface area contributed by atoms with Crippen molar-refractivity contribution in [3.05, 3.63) is 11.2 Å². The highest BCUT2D eigenvalue weighted by atomic mass is 35.5. The van der Waals surface area contributed by atoms with Crippen molar-refractivity contribution in [1.29, 1.82) is 0 Å². The van der Waals surface area contributed by atoms with E-state index in [4.69, 9.17) is 21.1 Å². The third-order valence-corrected chi connectivity index (χ3v) is 3.71. The number of hydrogen-bond acceptors (Lipinski definition) is 6. The average Bonchev–Trinajstić information content (AvgIpc) is 2.44. The Morgan fingerprint density at radius 2 is 2.08 bits per heavy atom. The first kappa shape index (κ1) is 18.6. The van der Waals surface area contributed by atoms with Crippen molar-refractivity contribution in [3.8, 4) is 6.01 Å². The first-order valence-electron chi connectivity index (χ1n) is 8.11. The lowest BCUT2D eigenvalue weighted by Gasteiger charge is -2.40. The van der Waals surface area contributed by atoms with Gasteiger partial charge in [0.15, 0.2) is 0 Å². The van der Waals surface area contributed by atoms with Gasteiger partial charge in [-0.1, -0.05) is 11.6 Å². The van der Waals surface area contributed by atoms with Crippen LogP contribution in [0.3, 0.4) is 0 Å². The molecule has 0 spiro atoms. The fourth-order valence-electron chi connectivity index (χ4n) is 2.50. The number of amides is 1. The summed E-state index contributed by atoms with van der Waals surface area (Å²) < 4.78 is 10.8. The summed E-state index contributed by atoms with van der Waals surface area (Å²) in [5.41, 5.74) is -0.499. The van der Waals surface area contributed by atoms with E-state index in [0.29, 0.717) is 37.2 Å². The molecule has 0 N–H and O–H groups in total. The summed E-state index contributed by atoms with van der Waals surface area (Å²) in [7, 11) is 0. The van der Waals surface area contributed by atoms with E-state index in [1.165, 1.54) is 0 Å². The maximum Gasteiger partial charge on any atom is 0.410 e. The number of piperazine rings is 1. The zero-order chi connectivity index (χ0) is 17.9. The predicted molar refractivity (Wildman–Crippen MR) is 92.8 cm³/mol. The summed E-state index contributed by atoms with van der Waals surface area (Å²) in [6.45, 7) is 11.8. The van der Waals surface area contributed by atoms with E-state index in [-0.39, 0.29) is 18.1 Å². The normalized spacial score (nSPS) is 18.5. The third kappa shape index (κ3) is 4.87. The molecule has 0 aromatic carbocycles. The average molecular weight is 357 g/mol. The highest BCUT2D eigenvalue weighted by molar-refractivity contribution is 6.29. The third-order valence-electron chi connectivity index (χ3n) is 3.51. The van der Waals surface area contributed by atoms with Gasteiger partial charge in [0.25, 0.3) is 0 Å². The Balaban J connectivity index is 2.06. The molecule has 134 valence electrons. The number of rotatable bonds is 3. The molecule has 1 saturated heterocycles. The maximum absolute atomic E-state index is 12.3. The molecule has 0 radical (unpaired) electrons. The lowest BCUT2D eigenvalue weighted by atomic mass is 10.2. The number of halogens is 1. The minimum absolute atomic E-state index is 0.00196. The molecule has 24 heavy (non-hydrogen) atoms. The minimum Gasteiger partial charge on any atom is -0.464 e. The summed E-state index contributed by atoms with van der Waals surface area (Å²) in [5.74, 6) is 0.703. The Morgan fingerprint density at radius 1 is 1.38 bits per heavy atom. The van der Waals surface area contributed by atoms with Gasteiger partial charge in [-0.25, -0.2) is 4.79 Å². The molecule has 1 amide bonds. The first-order chi connectivity index (χ1) is 11.2. The predicted octanol–water partition coefficient (Wildman–Crippen LogP) is 2.97. The molecule has 0 bridgehead atoms. The molecule has 1 aliphatic rings. The fourth-order valence-corrected chi connectivity index (χ4v) is 2.67. The number of carbonyl (C=O) groups is 1. The van der Waals surface area contributed by atoms with E-state index in [1.807, 2.05) is 34.6 Å². The number of aromatic nitrogens is 2. The Hall–Kier alpha value is -1.76. The molecular weight excluding hydrogens is 332 g/mol. The van der Waals surface area contributed by atoms with E-state index in [9.17, 15) is 4.79 Å². The van der Waals surface area contributed by atoms with Crippen molar-refractivity contribution in [2.75, 3.05) is 31.1 Å². The van der Waals surface area contributed by atoms with Crippen LogP contribution < -0.4 is 9.64 Å². The second kappa shape index (κ2) is 7.42. The van der Waals surface area contributed by atoms with Gasteiger partial charge in [0.2, 0.25) is 0 Å². The van der Waals surface area contributed by atoms with Gasteiger partial charge < -0.3 is 19.3 Å². The second-order valence-electron chi connectivity index (χ2n) is 6.73. The molecule has 2 rings (SSSR count). The van der Waals surface area contributed by atoms with E-state index in [1.54, 1.807) is 11.0 Å². The summed E-state index contributed by atoms with van der Waals surface area (Å²) in [5, 5.41) is 0.339. The largest absolute Gasteiger partial charge is 0.464 e. The van der Waals surface area contributed by atoms with Crippen molar-refractivity contribution in [3.63, 3.8) is 0 Å². The van der Waals surface area contributed by atoms with Gasteiger partial charge in [-0.3, -0.25) is 0 Å². The lowest BCUT2D eigenvalue weighted by Crippen LogP contribution is -2.55. The molecule has 1 atom stereocenters. The van der Waals surface area contributed by atoms with Crippen LogP contribution in [-0.4, -0.2) is 58.8 Å². The van der Waals surface area contributed by atoms with Gasteiger partial charge >= 0.3 is 12.1 Å². The van der Waals surface area contributed by atoms with Gasteiger partial charge in [-0.15, -0.1) is 0 Å². The van der Waals surface area contributed by atoms with Crippen LogP contribution in [0.2, 0.25) is 5.15 Å². The minimum atomic E-state index is -0.499. The molecule has 7 nitrogen and oxygen atoms in total. The molecular formula is C16H25ClN4O3. The van der Waals surface area contributed by atoms with Crippen molar-refractivity contribution in [2.24, 2.45) is 0 Å². The van der Waals surface area contributed by atoms with E-state index in [0.717, 1.165) is 0 Å². The topological polar surface area (TPSA) is 67.8 Å². The van der Waals surface area contributed by atoms with E-state index >= 15 is 0 Å². The van der Waals surface area contributed by atoms with Gasteiger partial charge in [0.1, 0.15) is 16.6 Å². The molecule has 1 aliphatic heterocycles.